The first-order valence-corrected chi connectivity index (χ1v) is 6.95. The molecule has 0 bridgehead atoms. The maximum absolute atomic E-state index is 5.63. The summed E-state index contributed by atoms with van der Waals surface area (Å²) in [6.07, 6.45) is 0. The summed E-state index contributed by atoms with van der Waals surface area (Å²) in [5.41, 5.74) is 8.32. The summed E-state index contributed by atoms with van der Waals surface area (Å²) in [4.78, 5) is 11.5. The molecule has 2 aromatic heterocycles. The zero-order valence-corrected chi connectivity index (χ0v) is 12.5. The third-order valence-electron chi connectivity index (χ3n) is 2.99. The number of nitrogens with two attached hydrogens (primary N) is 1. The topological polar surface area (TPSA) is 55.0 Å². The van der Waals surface area contributed by atoms with Crippen LogP contribution in [0.5, 0.6) is 0 Å². The Hall–Kier alpha value is -2.01. The number of hydrogen-bond donors (Lipinski definition) is 1. The fraction of sp³-hybridized carbons (Fsp3) is 0.267. The Labute approximate surface area is 124 Å². The van der Waals surface area contributed by atoms with Gasteiger partial charge in [-0.3, -0.25) is 4.98 Å². The van der Waals surface area contributed by atoms with Crippen molar-refractivity contribution in [2.75, 3.05) is 11.4 Å². The van der Waals surface area contributed by atoms with Crippen molar-refractivity contribution in [2.24, 2.45) is 5.73 Å². The second-order valence-electron chi connectivity index (χ2n) is 4.53. The van der Waals surface area contributed by atoms with Crippen LogP contribution in [0.25, 0.3) is 0 Å². The molecule has 5 heteroatoms. The Bertz CT molecular complexity index is 612. The highest BCUT2D eigenvalue weighted by molar-refractivity contribution is 7.80. The van der Waals surface area contributed by atoms with E-state index >= 15 is 0 Å². The molecule has 0 aliphatic heterocycles. The van der Waals surface area contributed by atoms with Crippen LogP contribution in [0.4, 0.5) is 5.82 Å². The van der Waals surface area contributed by atoms with Crippen molar-refractivity contribution in [1.82, 2.24) is 9.97 Å². The van der Waals surface area contributed by atoms with Crippen molar-refractivity contribution in [1.29, 1.82) is 0 Å². The van der Waals surface area contributed by atoms with E-state index in [4.69, 9.17) is 18.0 Å². The summed E-state index contributed by atoms with van der Waals surface area (Å²) in [6, 6.07) is 11.7. The van der Waals surface area contributed by atoms with Crippen LogP contribution in [0.1, 0.15) is 24.0 Å². The fourth-order valence-electron chi connectivity index (χ4n) is 1.97. The molecule has 0 radical (unpaired) electrons. The lowest BCUT2D eigenvalue weighted by Crippen LogP contribution is -2.25. The number of aryl methyl sites for hydroxylation is 1. The van der Waals surface area contributed by atoms with Gasteiger partial charge in [0.2, 0.25) is 0 Å². The Morgan fingerprint density at radius 3 is 2.60 bits per heavy atom. The van der Waals surface area contributed by atoms with Crippen LogP contribution in [0.3, 0.4) is 0 Å². The van der Waals surface area contributed by atoms with E-state index in [1.807, 2.05) is 43.3 Å². The van der Waals surface area contributed by atoms with Gasteiger partial charge in [-0.15, -0.1) is 0 Å². The molecule has 0 saturated carbocycles. The Morgan fingerprint density at radius 1 is 1.20 bits per heavy atom. The third kappa shape index (κ3) is 3.51. The molecule has 0 aromatic carbocycles. The Kier molecular flexibility index (Phi) is 4.63. The van der Waals surface area contributed by atoms with Crippen LogP contribution in [0, 0.1) is 6.92 Å². The van der Waals surface area contributed by atoms with Crippen molar-refractivity contribution in [2.45, 2.75) is 20.4 Å². The molecule has 2 heterocycles. The average Bonchev–Trinajstić information content (AvgIpc) is 2.45. The van der Waals surface area contributed by atoms with E-state index < -0.39 is 0 Å². The van der Waals surface area contributed by atoms with E-state index in [0.29, 0.717) is 17.2 Å². The van der Waals surface area contributed by atoms with Gasteiger partial charge < -0.3 is 10.6 Å². The number of hydrogen-bond acceptors (Lipinski definition) is 4. The molecule has 0 aliphatic rings. The monoisotopic (exact) mass is 286 g/mol. The number of thiocarbonyl (C=S) groups is 1. The van der Waals surface area contributed by atoms with Gasteiger partial charge in [0.1, 0.15) is 10.8 Å². The van der Waals surface area contributed by atoms with Gasteiger partial charge in [0, 0.05) is 12.2 Å². The van der Waals surface area contributed by atoms with Gasteiger partial charge in [-0.2, -0.15) is 0 Å². The average molecular weight is 286 g/mol. The van der Waals surface area contributed by atoms with Crippen LogP contribution in [-0.4, -0.2) is 21.5 Å². The van der Waals surface area contributed by atoms with Crippen molar-refractivity contribution >= 4 is 23.0 Å². The molecule has 0 saturated heterocycles. The summed E-state index contributed by atoms with van der Waals surface area (Å²) in [5, 5.41) is 0. The molecule has 0 spiro atoms. The lowest BCUT2D eigenvalue weighted by molar-refractivity contribution is 0.790. The van der Waals surface area contributed by atoms with Crippen LogP contribution >= 0.6 is 12.2 Å². The van der Waals surface area contributed by atoms with E-state index in [0.717, 1.165) is 23.8 Å². The van der Waals surface area contributed by atoms with Crippen molar-refractivity contribution in [3.05, 3.63) is 53.5 Å². The first-order valence-electron chi connectivity index (χ1n) is 6.54. The van der Waals surface area contributed by atoms with Gasteiger partial charge in [-0.05, 0) is 38.1 Å². The largest absolute Gasteiger partial charge is 0.388 e. The molecule has 2 rings (SSSR count). The lowest BCUT2D eigenvalue weighted by Gasteiger charge is -2.22. The van der Waals surface area contributed by atoms with E-state index in [1.54, 1.807) is 0 Å². The zero-order valence-electron chi connectivity index (χ0n) is 11.7. The number of pyridine rings is 2. The molecule has 104 valence electrons. The SMILES string of the molecule is CCN(Cc1cccc(C)n1)c1cccc(C(N)=S)n1. The highest BCUT2D eigenvalue weighted by Gasteiger charge is 2.09. The number of anilines is 1. The molecule has 2 N–H and O–H groups in total. The molecule has 0 atom stereocenters. The fourth-order valence-corrected chi connectivity index (χ4v) is 2.09. The first kappa shape index (κ1) is 14.4. The number of nitrogens with zero attached hydrogens (tertiary/aromatic N) is 3. The molecule has 0 amide bonds. The molecular weight excluding hydrogens is 268 g/mol. The number of aromatic nitrogens is 2. The molecule has 0 unspecified atom stereocenters. The van der Waals surface area contributed by atoms with E-state index in [-0.39, 0.29) is 0 Å². The van der Waals surface area contributed by atoms with Crippen LogP contribution in [-0.2, 0) is 6.54 Å². The second kappa shape index (κ2) is 6.43. The Balaban J connectivity index is 2.24. The van der Waals surface area contributed by atoms with E-state index in [9.17, 15) is 0 Å². The summed E-state index contributed by atoms with van der Waals surface area (Å²) in [6.45, 7) is 5.63. The number of rotatable bonds is 5. The van der Waals surface area contributed by atoms with Crippen molar-refractivity contribution in [3.8, 4) is 0 Å². The molecule has 20 heavy (non-hydrogen) atoms. The molecular formula is C15H18N4S. The smallest absolute Gasteiger partial charge is 0.129 e. The maximum atomic E-state index is 5.63. The van der Waals surface area contributed by atoms with Gasteiger partial charge in [0.25, 0.3) is 0 Å². The minimum atomic E-state index is 0.316. The predicted molar refractivity (Wildman–Crippen MR) is 85.8 cm³/mol. The maximum Gasteiger partial charge on any atom is 0.129 e. The highest BCUT2D eigenvalue weighted by atomic mass is 32.1. The van der Waals surface area contributed by atoms with Crippen molar-refractivity contribution in [3.63, 3.8) is 0 Å². The molecule has 4 nitrogen and oxygen atoms in total. The second-order valence-corrected chi connectivity index (χ2v) is 4.97. The van der Waals surface area contributed by atoms with Crippen LogP contribution in [0.2, 0.25) is 0 Å². The first-order chi connectivity index (χ1) is 9.60. The quantitative estimate of drug-likeness (QED) is 0.856. The molecule has 0 fully saturated rings. The van der Waals surface area contributed by atoms with Crippen molar-refractivity contribution < 1.29 is 0 Å². The lowest BCUT2D eigenvalue weighted by atomic mass is 10.2. The van der Waals surface area contributed by atoms with Crippen LogP contribution < -0.4 is 10.6 Å². The standard InChI is InChI=1S/C15H18N4S/c1-3-19(10-12-7-4-6-11(2)17-12)14-9-5-8-13(18-14)15(16)20/h4-9H,3,10H2,1-2H3,(H2,16,20). The van der Waals surface area contributed by atoms with E-state index in [2.05, 4.69) is 21.8 Å². The summed E-state index contributed by atoms with van der Waals surface area (Å²) in [5.74, 6) is 0.862. The summed E-state index contributed by atoms with van der Waals surface area (Å²) >= 11 is 4.98. The van der Waals surface area contributed by atoms with Gasteiger partial charge in [-0.25, -0.2) is 4.98 Å². The van der Waals surface area contributed by atoms with E-state index in [1.165, 1.54) is 0 Å². The molecule has 0 aliphatic carbocycles. The zero-order chi connectivity index (χ0) is 14.5. The van der Waals surface area contributed by atoms with Crippen LogP contribution in [0.15, 0.2) is 36.4 Å². The Morgan fingerprint density at radius 2 is 1.95 bits per heavy atom. The third-order valence-corrected chi connectivity index (χ3v) is 3.20. The summed E-state index contributed by atoms with van der Waals surface area (Å²) < 4.78 is 0. The molecule has 2 aromatic rings. The highest BCUT2D eigenvalue weighted by Crippen LogP contribution is 2.14. The predicted octanol–water partition coefficient (Wildman–Crippen LogP) is 2.45. The van der Waals surface area contributed by atoms with Gasteiger partial charge in [0.15, 0.2) is 0 Å². The van der Waals surface area contributed by atoms with Gasteiger partial charge >= 0.3 is 0 Å². The minimum Gasteiger partial charge on any atom is -0.388 e. The minimum absolute atomic E-state index is 0.316. The summed E-state index contributed by atoms with van der Waals surface area (Å²) in [7, 11) is 0. The van der Waals surface area contributed by atoms with Gasteiger partial charge in [-0.1, -0.05) is 24.4 Å². The normalized spacial score (nSPS) is 10.3. The van der Waals surface area contributed by atoms with Gasteiger partial charge in [0.05, 0.1) is 17.9 Å².